The number of fused-ring (bicyclic) bond motifs is 3. The molecule has 1 aliphatic carbocycles. The molecular weight excluding hydrogens is 468 g/mol. The molecule has 1 aromatic heterocycles. The van der Waals surface area contributed by atoms with E-state index in [1.165, 1.54) is 82.9 Å². The van der Waals surface area contributed by atoms with Crippen LogP contribution in [0.5, 0.6) is 0 Å². The average molecular weight is 498 g/mol. The lowest BCUT2D eigenvalue weighted by Crippen LogP contribution is -2.25. The Morgan fingerprint density at radius 3 is 2.08 bits per heavy atom. The predicted molar refractivity (Wildman–Crippen MR) is 123 cm³/mol. The molecule has 0 saturated carbocycles. The number of rotatable bonds is 10. The summed E-state index contributed by atoms with van der Waals surface area (Å²) in [6, 6.07) is 9.38. The summed E-state index contributed by atoms with van der Waals surface area (Å²) >= 11 is 9.43. The van der Waals surface area contributed by atoms with Crippen molar-refractivity contribution in [3.05, 3.63) is 43.7 Å². The largest absolute Gasteiger partial charge is 0.128 e. The lowest BCUT2D eigenvalue weighted by atomic mass is 9.71. The molecule has 1 aliphatic rings. The van der Waals surface area contributed by atoms with Crippen LogP contribution in [0.2, 0.25) is 0 Å². The van der Waals surface area contributed by atoms with Crippen molar-refractivity contribution >= 4 is 43.2 Å². The normalized spacial score (nSPS) is 14.5. The van der Waals surface area contributed by atoms with Crippen molar-refractivity contribution in [2.75, 3.05) is 0 Å². The van der Waals surface area contributed by atoms with Gasteiger partial charge in [0.25, 0.3) is 0 Å². The molecule has 0 bridgehead atoms. The number of benzene rings is 1. The summed E-state index contributed by atoms with van der Waals surface area (Å²) < 4.78 is 2.50. The number of hydrogen-bond donors (Lipinski definition) is 0. The van der Waals surface area contributed by atoms with E-state index in [0.29, 0.717) is 0 Å². The Kier molecular flexibility index (Phi) is 7.44. The maximum absolute atomic E-state index is 3.77. The van der Waals surface area contributed by atoms with Crippen molar-refractivity contribution in [1.29, 1.82) is 0 Å². The van der Waals surface area contributed by atoms with Crippen molar-refractivity contribution in [3.8, 4) is 10.4 Å². The van der Waals surface area contributed by atoms with Crippen LogP contribution in [0.4, 0.5) is 0 Å². The van der Waals surface area contributed by atoms with Gasteiger partial charge in [-0.3, -0.25) is 0 Å². The predicted octanol–water partition coefficient (Wildman–Crippen LogP) is 9.48. The highest BCUT2D eigenvalue weighted by atomic mass is 79.9. The lowest BCUT2D eigenvalue weighted by Gasteiger charge is -2.32. The molecule has 142 valence electrons. The fraction of sp³-hybridized carbons (Fsp3) is 0.565. The number of halogens is 2. The van der Waals surface area contributed by atoms with Gasteiger partial charge in [0.15, 0.2) is 0 Å². The van der Waals surface area contributed by atoms with Crippen LogP contribution in [0.15, 0.2) is 32.5 Å². The summed E-state index contributed by atoms with van der Waals surface area (Å²) in [5.74, 6) is 0. The fourth-order valence-electron chi connectivity index (χ4n) is 4.54. The second-order valence-corrected chi connectivity index (χ2v) is 11.0. The molecule has 0 fully saturated rings. The molecule has 0 saturated heterocycles. The van der Waals surface area contributed by atoms with Gasteiger partial charge in [-0.15, -0.1) is 11.3 Å². The summed E-state index contributed by atoms with van der Waals surface area (Å²) in [5.41, 5.74) is 4.87. The molecule has 0 amide bonds. The van der Waals surface area contributed by atoms with E-state index in [9.17, 15) is 0 Å². The second-order valence-electron chi connectivity index (χ2n) is 7.69. The fourth-order valence-corrected chi connectivity index (χ4v) is 6.64. The zero-order chi connectivity index (χ0) is 18.6. The number of unbranched alkanes of at least 4 members (excludes halogenated alkanes) is 6. The highest BCUT2D eigenvalue weighted by Gasteiger charge is 2.43. The number of hydrogen-bond acceptors (Lipinski definition) is 1. The quantitative estimate of drug-likeness (QED) is 0.286. The van der Waals surface area contributed by atoms with Crippen LogP contribution >= 0.6 is 43.2 Å². The minimum absolute atomic E-state index is 0.221. The van der Waals surface area contributed by atoms with Crippen LogP contribution in [0.25, 0.3) is 10.4 Å². The Morgan fingerprint density at radius 2 is 1.46 bits per heavy atom. The summed E-state index contributed by atoms with van der Waals surface area (Å²) in [4.78, 5) is 1.50. The van der Waals surface area contributed by atoms with Crippen molar-refractivity contribution in [3.63, 3.8) is 0 Å². The molecule has 1 heterocycles. The van der Waals surface area contributed by atoms with Crippen molar-refractivity contribution in [2.24, 2.45) is 0 Å². The number of thiophene rings is 1. The van der Waals surface area contributed by atoms with E-state index in [1.54, 1.807) is 11.1 Å². The second kappa shape index (κ2) is 9.39. The van der Waals surface area contributed by atoms with Gasteiger partial charge in [-0.2, -0.15) is 0 Å². The van der Waals surface area contributed by atoms with Gasteiger partial charge < -0.3 is 0 Å². The Balaban J connectivity index is 1.98. The summed E-state index contributed by atoms with van der Waals surface area (Å²) in [5, 5.41) is 0. The van der Waals surface area contributed by atoms with Gasteiger partial charge in [0.05, 0.1) is 3.79 Å². The molecule has 3 heteroatoms. The topological polar surface area (TPSA) is 0 Å². The van der Waals surface area contributed by atoms with Crippen molar-refractivity contribution < 1.29 is 0 Å². The van der Waals surface area contributed by atoms with E-state index in [0.717, 1.165) is 0 Å². The van der Waals surface area contributed by atoms with Gasteiger partial charge in [-0.25, -0.2) is 0 Å². The molecule has 0 atom stereocenters. The van der Waals surface area contributed by atoms with Gasteiger partial charge in [0.1, 0.15) is 0 Å². The molecule has 0 aliphatic heterocycles. The van der Waals surface area contributed by atoms with E-state index in [1.807, 2.05) is 11.3 Å². The standard InChI is InChI=1S/C23H30Br2S/c1-3-5-7-9-13-23(14-10-8-6-4-2)19-15-17(24)11-12-18(19)22-20(23)16-21(25)26-22/h11-12,15-16H,3-10,13-14H2,1-2H3. The summed E-state index contributed by atoms with van der Waals surface area (Å²) in [6.45, 7) is 4.60. The molecule has 26 heavy (non-hydrogen) atoms. The molecule has 0 nitrogen and oxygen atoms in total. The first kappa shape index (κ1) is 20.6. The third kappa shape index (κ3) is 4.15. The van der Waals surface area contributed by atoms with Gasteiger partial charge in [0.2, 0.25) is 0 Å². The monoisotopic (exact) mass is 496 g/mol. The first-order valence-electron chi connectivity index (χ1n) is 10.2. The van der Waals surface area contributed by atoms with E-state index < -0.39 is 0 Å². The highest BCUT2D eigenvalue weighted by molar-refractivity contribution is 9.11. The molecule has 0 spiro atoms. The van der Waals surface area contributed by atoms with Gasteiger partial charge in [-0.1, -0.05) is 87.2 Å². The lowest BCUT2D eigenvalue weighted by molar-refractivity contribution is 0.401. The van der Waals surface area contributed by atoms with E-state index in [-0.39, 0.29) is 5.41 Å². The van der Waals surface area contributed by atoms with Crippen LogP contribution in [-0.2, 0) is 5.41 Å². The van der Waals surface area contributed by atoms with Crippen LogP contribution < -0.4 is 0 Å². The van der Waals surface area contributed by atoms with E-state index in [2.05, 4.69) is 70.0 Å². The molecule has 3 rings (SSSR count). The zero-order valence-corrected chi connectivity index (χ0v) is 20.0. The third-order valence-electron chi connectivity index (χ3n) is 5.87. The molecule has 0 radical (unpaired) electrons. The van der Waals surface area contributed by atoms with Crippen LogP contribution in [-0.4, -0.2) is 0 Å². The van der Waals surface area contributed by atoms with Crippen LogP contribution in [0.1, 0.15) is 89.2 Å². The molecular formula is C23H30Br2S. The zero-order valence-electron chi connectivity index (χ0n) is 16.0. The maximum Gasteiger partial charge on any atom is 0.0708 e. The Bertz CT molecular complexity index is 720. The minimum Gasteiger partial charge on any atom is -0.128 e. The van der Waals surface area contributed by atoms with Crippen molar-refractivity contribution in [2.45, 2.75) is 83.5 Å². The van der Waals surface area contributed by atoms with E-state index in [4.69, 9.17) is 0 Å². The average Bonchev–Trinajstić information content (AvgIpc) is 3.11. The van der Waals surface area contributed by atoms with Crippen molar-refractivity contribution in [1.82, 2.24) is 0 Å². The molecule has 0 unspecified atom stereocenters. The van der Waals surface area contributed by atoms with Gasteiger partial charge in [0, 0.05) is 14.8 Å². The van der Waals surface area contributed by atoms with Gasteiger partial charge >= 0.3 is 0 Å². The molecule has 1 aromatic carbocycles. The first-order valence-corrected chi connectivity index (χ1v) is 12.6. The SMILES string of the molecule is CCCCCCC1(CCCCCC)c2cc(Br)ccc2-c2sc(Br)cc21. The van der Waals surface area contributed by atoms with E-state index >= 15 is 0 Å². The highest BCUT2D eigenvalue weighted by Crippen LogP contribution is 2.58. The molecule has 0 N–H and O–H groups in total. The Hall–Kier alpha value is -0.120. The minimum atomic E-state index is 0.221. The van der Waals surface area contributed by atoms with Gasteiger partial charge in [-0.05, 0) is 63.7 Å². The summed E-state index contributed by atoms with van der Waals surface area (Å²) in [7, 11) is 0. The third-order valence-corrected chi connectivity index (χ3v) is 8.04. The Morgan fingerprint density at radius 1 is 0.808 bits per heavy atom. The smallest absolute Gasteiger partial charge is 0.0708 e. The Labute approximate surface area is 180 Å². The first-order chi connectivity index (χ1) is 12.6. The molecule has 2 aromatic rings. The van der Waals surface area contributed by atoms with Crippen LogP contribution in [0, 0.1) is 0 Å². The maximum atomic E-state index is 3.77. The van der Waals surface area contributed by atoms with Crippen LogP contribution in [0.3, 0.4) is 0 Å². The summed E-state index contributed by atoms with van der Waals surface area (Å²) in [6.07, 6.45) is 13.3.